The normalized spacial score (nSPS) is 9.87. The van der Waals surface area contributed by atoms with Crippen LogP contribution < -0.4 is 0 Å². The number of carboxylic acids is 1. The minimum atomic E-state index is -1.04. The first-order chi connectivity index (χ1) is 11.1. The van der Waals surface area contributed by atoms with Crippen LogP contribution in [0.2, 0.25) is 0 Å². The maximum atomic E-state index is 13.3. The first-order valence-corrected chi connectivity index (χ1v) is 7.15. The molecule has 2 heterocycles. The molecule has 0 aliphatic carbocycles. The topological polar surface area (TPSA) is 68.0 Å². The van der Waals surface area contributed by atoms with Crippen LogP contribution in [0.15, 0.2) is 54.9 Å². The summed E-state index contributed by atoms with van der Waals surface area (Å²) < 4.78 is 14.8. The van der Waals surface area contributed by atoms with Crippen molar-refractivity contribution in [1.29, 1.82) is 0 Å². The molecular formula is C17H16FN3O2. The van der Waals surface area contributed by atoms with Crippen molar-refractivity contribution in [2.45, 2.75) is 13.8 Å². The van der Waals surface area contributed by atoms with E-state index in [9.17, 15) is 9.18 Å². The summed E-state index contributed by atoms with van der Waals surface area (Å²) in [5.41, 5.74) is 1.38. The van der Waals surface area contributed by atoms with Gasteiger partial charge in [0.1, 0.15) is 5.82 Å². The van der Waals surface area contributed by atoms with Crippen LogP contribution in [0.25, 0.3) is 17.1 Å². The van der Waals surface area contributed by atoms with Gasteiger partial charge in [-0.3, -0.25) is 0 Å². The molecule has 0 radical (unpaired) electrons. The number of rotatable bonds is 3. The predicted molar refractivity (Wildman–Crippen MR) is 85.1 cm³/mol. The average Bonchev–Trinajstić information content (AvgIpc) is 3.06. The highest BCUT2D eigenvalue weighted by Crippen LogP contribution is 2.22. The summed E-state index contributed by atoms with van der Waals surface area (Å²) in [4.78, 5) is 15.1. The molecule has 5 nitrogen and oxygen atoms in total. The fourth-order valence-corrected chi connectivity index (χ4v) is 2.02. The van der Waals surface area contributed by atoms with E-state index in [0.717, 1.165) is 0 Å². The molecule has 1 N–H and O–H groups in total. The third-order valence-corrected chi connectivity index (χ3v) is 2.97. The van der Waals surface area contributed by atoms with Crippen LogP contribution in [0, 0.1) is 5.82 Å². The van der Waals surface area contributed by atoms with E-state index in [4.69, 9.17) is 5.11 Å². The molecule has 23 heavy (non-hydrogen) atoms. The highest BCUT2D eigenvalue weighted by atomic mass is 19.1. The van der Waals surface area contributed by atoms with E-state index in [2.05, 4.69) is 10.1 Å². The van der Waals surface area contributed by atoms with Crippen LogP contribution in [0.1, 0.15) is 24.2 Å². The molecular weight excluding hydrogens is 297 g/mol. The Morgan fingerprint density at radius 2 is 1.91 bits per heavy atom. The molecule has 0 bridgehead atoms. The van der Waals surface area contributed by atoms with Gasteiger partial charge < -0.3 is 5.11 Å². The number of carboxylic acid groups (broad SMARTS) is 1. The lowest BCUT2D eigenvalue weighted by Gasteiger charge is -2.07. The van der Waals surface area contributed by atoms with Crippen molar-refractivity contribution in [3.8, 4) is 17.1 Å². The summed E-state index contributed by atoms with van der Waals surface area (Å²) in [6.45, 7) is 4.00. The van der Waals surface area contributed by atoms with E-state index < -0.39 is 5.97 Å². The van der Waals surface area contributed by atoms with Crippen molar-refractivity contribution in [2.24, 2.45) is 0 Å². The predicted octanol–water partition coefficient (Wildman–Crippen LogP) is 3.80. The Bertz CT molecular complexity index is 815. The second-order valence-corrected chi connectivity index (χ2v) is 4.35. The molecule has 0 spiro atoms. The number of pyridine rings is 1. The highest BCUT2D eigenvalue weighted by Gasteiger charge is 2.11. The number of benzene rings is 1. The Morgan fingerprint density at radius 1 is 1.13 bits per heavy atom. The summed E-state index contributed by atoms with van der Waals surface area (Å²) in [6.07, 6.45) is 2.95. The number of aromatic nitrogens is 3. The zero-order valence-electron chi connectivity index (χ0n) is 12.8. The number of hydrogen-bond donors (Lipinski definition) is 1. The smallest absolute Gasteiger partial charge is 0.335 e. The van der Waals surface area contributed by atoms with E-state index in [1.165, 1.54) is 35.1 Å². The van der Waals surface area contributed by atoms with Gasteiger partial charge in [0.05, 0.1) is 17.5 Å². The first-order valence-electron chi connectivity index (χ1n) is 7.15. The molecule has 2 aromatic heterocycles. The van der Waals surface area contributed by atoms with Crippen molar-refractivity contribution >= 4 is 5.97 Å². The van der Waals surface area contributed by atoms with E-state index in [0.29, 0.717) is 17.1 Å². The maximum Gasteiger partial charge on any atom is 0.335 e. The molecule has 1 aromatic carbocycles. The zero-order valence-corrected chi connectivity index (χ0v) is 12.8. The van der Waals surface area contributed by atoms with Gasteiger partial charge in [-0.1, -0.05) is 26.0 Å². The lowest BCUT2D eigenvalue weighted by atomic mass is 10.1. The second-order valence-electron chi connectivity index (χ2n) is 4.35. The number of aromatic carboxylic acids is 1. The molecule has 0 atom stereocenters. The van der Waals surface area contributed by atoms with Gasteiger partial charge in [0.2, 0.25) is 0 Å². The molecule has 0 fully saturated rings. The van der Waals surface area contributed by atoms with Crippen molar-refractivity contribution in [2.75, 3.05) is 0 Å². The van der Waals surface area contributed by atoms with Crippen molar-refractivity contribution in [1.82, 2.24) is 14.8 Å². The van der Waals surface area contributed by atoms with Gasteiger partial charge in [-0.2, -0.15) is 5.10 Å². The maximum absolute atomic E-state index is 13.3. The lowest BCUT2D eigenvalue weighted by molar-refractivity contribution is 0.0696. The SMILES string of the molecule is CC.O=C(O)c1ccnc(-n2nccc2-c2cccc(F)c2)c1. The Labute approximate surface area is 133 Å². The second kappa shape index (κ2) is 7.31. The van der Waals surface area contributed by atoms with Crippen molar-refractivity contribution in [3.63, 3.8) is 0 Å². The molecule has 118 valence electrons. The van der Waals surface area contributed by atoms with Crippen molar-refractivity contribution < 1.29 is 14.3 Å². The number of halogens is 1. The van der Waals surface area contributed by atoms with Gasteiger partial charge in [0.15, 0.2) is 5.82 Å². The average molecular weight is 313 g/mol. The van der Waals surface area contributed by atoms with Gasteiger partial charge in [-0.15, -0.1) is 0 Å². The fourth-order valence-electron chi connectivity index (χ4n) is 2.02. The van der Waals surface area contributed by atoms with Crippen LogP contribution in [0.4, 0.5) is 4.39 Å². The van der Waals surface area contributed by atoms with E-state index in [1.807, 2.05) is 13.8 Å². The minimum absolute atomic E-state index is 0.112. The molecule has 3 aromatic rings. The Morgan fingerprint density at radius 3 is 2.61 bits per heavy atom. The summed E-state index contributed by atoms with van der Waals surface area (Å²) in [7, 11) is 0. The molecule has 3 rings (SSSR count). The van der Waals surface area contributed by atoms with Gasteiger partial charge in [-0.25, -0.2) is 18.9 Å². The molecule has 0 saturated carbocycles. The molecule has 0 aliphatic rings. The third kappa shape index (κ3) is 3.60. The zero-order chi connectivity index (χ0) is 16.8. The van der Waals surface area contributed by atoms with Gasteiger partial charge >= 0.3 is 5.97 Å². The summed E-state index contributed by atoms with van der Waals surface area (Å²) in [6, 6.07) is 10.6. The summed E-state index contributed by atoms with van der Waals surface area (Å²) >= 11 is 0. The monoisotopic (exact) mass is 313 g/mol. The van der Waals surface area contributed by atoms with E-state index in [1.54, 1.807) is 24.4 Å². The van der Waals surface area contributed by atoms with Gasteiger partial charge in [-0.05, 0) is 30.3 Å². The Hall–Kier alpha value is -3.02. The largest absolute Gasteiger partial charge is 0.478 e. The summed E-state index contributed by atoms with van der Waals surface area (Å²) in [5, 5.41) is 13.2. The van der Waals surface area contributed by atoms with Crippen LogP contribution in [-0.4, -0.2) is 25.8 Å². The van der Waals surface area contributed by atoms with Gasteiger partial charge in [0.25, 0.3) is 0 Å². The lowest BCUT2D eigenvalue weighted by Crippen LogP contribution is -2.04. The van der Waals surface area contributed by atoms with Crippen LogP contribution in [-0.2, 0) is 0 Å². The standard InChI is InChI=1S/C15H10FN3O2.C2H6/c16-12-3-1-2-10(8-12)13-5-7-18-19(13)14-9-11(15(20)21)4-6-17-14;1-2/h1-9H,(H,20,21);1-2H3. The molecule has 0 unspecified atom stereocenters. The highest BCUT2D eigenvalue weighted by molar-refractivity contribution is 5.88. The Kier molecular flexibility index (Phi) is 5.19. The molecule has 6 heteroatoms. The van der Waals surface area contributed by atoms with E-state index >= 15 is 0 Å². The third-order valence-electron chi connectivity index (χ3n) is 2.97. The minimum Gasteiger partial charge on any atom is -0.478 e. The van der Waals surface area contributed by atoms with Crippen LogP contribution in [0.3, 0.4) is 0 Å². The van der Waals surface area contributed by atoms with Crippen LogP contribution >= 0.6 is 0 Å². The molecule has 0 aliphatic heterocycles. The Balaban J connectivity index is 0.000000924. The first kappa shape index (κ1) is 16.4. The van der Waals surface area contributed by atoms with Crippen molar-refractivity contribution in [3.05, 3.63) is 66.2 Å². The quantitative estimate of drug-likeness (QED) is 0.798. The number of hydrogen-bond acceptors (Lipinski definition) is 3. The number of nitrogens with zero attached hydrogens (tertiary/aromatic N) is 3. The fraction of sp³-hybridized carbons (Fsp3) is 0.118. The van der Waals surface area contributed by atoms with Gasteiger partial charge in [0, 0.05) is 11.8 Å². The molecule has 0 saturated heterocycles. The van der Waals surface area contributed by atoms with E-state index in [-0.39, 0.29) is 11.4 Å². The van der Waals surface area contributed by atoms with Crippen LogP contribution in [0.5, 0.6) is 0 Å². The molecule has 0 amide bonds. The summed E-state index contributed by atoms with van der Waals surface area (Å²) in [5.74, 6) is -1.04. The number of carbonyl (C=O) groups is 1.